The zero-order chi connectivity index (χ0) is 7.99. The molecule has 0 saturated carbocycles. The molecule has 0 amide bonds. The van der Waals surface area contributed by atoms with Crippen molar-refractivity contribution in [3.05, 3.63) is 0 Å². The fourth-order valence-electron chi connectivity index (χ4n) is 0. The van der Waals surface area contributed by atoms with E-state index in [1.807, 2.05) is 0 Å². The summed E-state index contributed by atoms with van der Waals surface area (Å²) in [5.41, 5.74) is 0. The van der Waals surface area contributed by atoms with E-state index in [-0.39, 0.29) is 0 Å². The molecule has 0 aliphatic heterocycles. The van der Waals surface area contributed by atoms with Crippen LogP contribution in [0.25, 0.3) is 0 Å². The van der Waals surface area contributed by atoms with Crippen LogP contribution in [0.3, 0.4) is 0 Å². The van der Waals surface area contributed by atoms with Gasteiger partial charge in [-0.2, -0.15) is 0 Å². The highest BCUT2D eigenvalue weighted by Crippen LogP contribution is 3.00. The molecule has 0 aromatic heterocycles. The Morgan fingerprint density at radius 1 is 1.00 bits per heavy atom. The Morgan fingerprint density at radius 3 is 1.11 bits per heavy atom. The van der Waals surface area contributed by atoms with Gasteiger partial charge in [0.2, 0.25) is 0 Å². The molecule has 0 aliphatic carbocycles. The molecule has 0 aromatic rings. The second-order valence-corrected chi connectivity index (χ2v) is 3.80. The van der Waals surface area contributed by atoms with Crippen LogP contribution in [0.2, 0.25) is 0 Å². The number of hydrogen-bond acceptors (Lipinski definition) is 1. The third-order valence-corrected chi connectivity index (χ3v) is 1.56. The Labute approximate surface area is 51.1 Å². The smallest absolute Gasteiger partial charge is 0.0972 e. The van der Waals surface area contributed by atoms with Crippen LogP contribution in [0, 0.1) is 0 Å². The predicted octanol–water partition coefficient (Wildman–Crippen LogP) is 3.54. The number of rotatable bonds is 1. The number of hydrogen-bond donors (Lipinski definition) is 0. The van der Waals surface area contributed by atoms with Gasteiger partial charge in [-0.25, -0.2) is 0 Å². The van der Waals surface area contributed by atoms with Crippen LogP contribution >= 0.6 is 22.2 Å². The lowest BCUT2D eigenvalue weighted by Crippen LogP contribution is -2.17. The third kappa shape index (κ3) is 3.01. The fourth-order valence-corrected chi connectivity index (χ4v) is 0. The summed E-state index contributed by atoms with van der Waals surface area (Å²) in [5.74, 6) is 0. The molecule has 0 bridgehead atoms. The molecule has 0 fully saturated rings. The van der Waals surface area contributed by atoms with Gasteiger partial charge in [0.15, 0.2) is 0 Å². The Kier molecular flexibility index (Phi) is 1.30. The van der Waals surface area contributed by atoms with Gasteiger partial charge in [-0.05, 0) is 0 Å². The molecule has 9 heteroatoms. The summed E-state index contributed by atoms with van der Waals surface area (Å²) in [6, 6.07) is 0. The van der Waals surface area contributed by atoms with Crippen molar-refractivity contribution in [3.63, 3.8) is 0 Å². The van der Waals surface area contributed by atoms with Gasteiger partial charge in [0.25, 0.3) is 0 Å². The Balaban J connectivity index is 4.76. The van der Waals surface area contributed by atoms with Gasteiger partial charge in [0, 0.05) is 11.8 Å². The van der Waals surface area contributed by atoms with E-state index in [0.29, 0.717) is 0 Å². The van der Waals surface area contributed by atoms with Crippen molar-refractivity contribution in [3.8, 4) is 0 Å². The minimum absolute atomic E-state index is 3.01. The minimum atomic E-state index is -10.2. The molecule has 9 heavy (non-hydrogen) atoms. The first-order valence-electron chi connectivity index (χ1n) is 1.29. The lowest BCUT2D eigenvalue weighted by Gasteiger charge is -2.39. The van der Waals surface area contributed by atoms with Gasteiger partial charge in [0.05, 0.1) is 4.05 Å². The topological polar surface area (TPSA) is 3.24 Å². The van der Waals surface area contributed by atoms with Gasteiger partial charge in [0.1, 0.15) is 0 Å². The van der Waals surface area contributed by atoms with Crippen LogP contribution in [0.1, 0.15) is 0 Å². The van der Waals surface area contributed by atoms with E-state index in [2.05, 4.69) is 11.8 Å². The predicted molar refractivity (Wildman–Crippen MR) is 21.9 cm³/mol. The lowest BCUT2D eigenvalue weighted by atomic mass is 13.7. The summed E-state index contributed by atoms with van der Waals surface area (Å²) >= 11 is 3.38. The largest absolute Gasteiger partial charge is 0.383 e. The third-order valence-electron chi connectivity index (χ3n) is 0.261. The Bertz CT molecular complexity index is 116. The van der Waals surface area contributed by atoms with E-state index in [0.717, 1.165) is 0 Å². The molecule has 0 heterocycles. The fraction of sp³-hybridized carbons (Fsp3) is 0. The van der Waals surface area contributed by atoms with Gasteiger partial charge in [-0.15, -0.1) is 0 Å². The number of halogens is 7. The van der Waals surface area contributed by atoms with Crippen molar-refractivity contribution >= 4 is 22.2 Å². The Morgan fingerprint density at radius 2 is 1.11 bits per heavy atom. The van der Waals surface area contributed by atoms with E-state index in [4.69, 9.17) is 0 Å². The Hall–Kier alpha value is 0.180. The molecule has 0 saturated heterocycles. The van der Waals surface area contributed by atoms with E-state index < -0.39 is 14.5 Å². The van der Waals surface area contributed by atoms with Crippen LogP contribution in [0.15, 0.2) is 0 Å². The minimum Gasteiger partial charge on any atom is -0.0972 e. The molecule has 0 spiro atoms. The summed E-state index contributed by atoms with van der Waals surface area (Å²) < 4.78 is 61.5. The molecule has 60 valence electrons. The molecule has 0 N–H and O–H groups in total. The first kappa shape index (κ1) is 9.18. The van der Waals surface area contributed by atoms with Gasteiger partial charge in [-0.1, -0.05) is 23.9 Å². The molecule has 1 nitrogen and oxygen atoms in total. The van der Waals surface area contributed by atoms with Crippen molar-refractivity contribution in [2.75, 3.05) is 0 Å². The van der Waals surface area contributed by atoms with E-state index in [1.165, 1.54) is 0 Å². The van der Waals surface area contributed by atoms with Crippen molar-refractivity contribution < 1.29 is 23.9 Å². The normalized spacial score (nSPS) is 21.3. The second kappa shape index (κ2) is 1.28. The standard InChI is InChI=1S/ClF6NS/c1-8(2)9(3,4,5,6)7. The van der Waals surface area contributed by atoms with Crippen LogP contribution in [0.4, 0.5) is 23.9 Å². The van der Waals surface area contributed by atoms with Crippen LogP contribution in [-0.2, 0) is 0 Å². The number of nitrogens with zero attached hydrogens (tertiary/aromatic N) is 1. The summed E-state index contributed by atoms with van der Waals surface area (Å²) in [7, 11) is -10.2. The van der Waals surface area contributed by atoms with Crippen molar-refractivity contribution in [2.45, 2.75) is 0 Å². The molecule has 0 unspecified atom stereocenters. The second-order valence-electron chi connectivity index (χ2n) is 1.13. The monoisotopic (exact) mass is 195 g/mol. The van der Waals surface area contributed by atoms with Crippen LogP contribution in [-0.4, -0.2) is 4.05 Å². The first-order valence-corrected chi connectivity index (χ1v) is 3.54. The zero-order valence-electron chi connectivity index (χ0n) is 3.50. The summed E-state index contributed by atoms with van der Waals surface area (Å²) in [5, 5.41) is 0. The summed E-state index contributed by atoms with van der Waals surface area (Å²) in [4.78, 5) is 0. The average molecular weight is 196 g/mol. The average Bonchev–Trinajstić information content (AvgIpc) is 1.24. The SMILES string of the molecule is FN(Cl)S(F)(F)(F)(F)F. The van der Waals surface area contributed by atoms with Crippen molar-refractivity contribution in [1.82, 2.24) is 4.05 Å². The summed E-state index contributed by atoms with van der Waals surface area (Å²) in [6.07, 6.45) is 0. The highest BCUT2D eigenvalue weighted by atomic mass is 35.5. The molecule has 0 atom stereocenters. The maximum atomic E-state index is 10.8. The molecule has 0 rings (SSSR count). The van der Waals surface area contributed by atoms with Crippen LogP contribution < -0.4 is 0 Å². The lowest BCUT2D eigenvalue weighted by molar-refractivity contribution is 0.157. The first-order chi connectivity index (χ1) is 3.43. The molecule has 0 aliphatic rings. The molecule has 0 aromatic carbocycles. The molecule has 0 radical (unpaired) electrons. The van der Waals surface area contributed by atoms with E-state index in [1.54, 1.807) is 0 Å². The molecular formula is ClF6NS. The van der Waals surface area contributed by atoms with Gasteiger partial charge >= 0.3 is 10.4 Å². The quantitative estimate of drug-likeness (QED) is 0.457. The van der Waals surface area contributed by atoms with Crippen molar-refractivity contribution in [1.29, 1.82) is 0 Å². The molecular weight excluding hydrogens is 196 g/mol. The van der Waals surface area contributed by atoms with Crippen LogP contribution in [0.5, 0.6) is 0 Å². The van der Waals surface area contributed by atoms with Gasteiger partial charge < -0.3 is 0 Å². The summed E-state index contributed by atoms with van der Waals surface area (Å²) in [6.45, 7) is 0. The maximum Gasteiger partial charge on any atom is 0.383 e. The highest BCUT2D eigenvalue weighted by Gasteiger charge is 2.71. The van der Waals surface area contributed by atoms with E-state index in [9.17, 15) is 23.9 Å². The maximum absolute atomic E-state index is 10.8. The zero-order valence-corrected chi connectivity index (χ0v) is 5.07. The van der Waals surface area contributed by atoms with E-state index >= 15 is 0 Å². The highest BCUT2D eigenvalue weighted by molar-refractivity contribution is 8.44. The van der Waals surface area contributed by atoms with Gasteiger partial charge in [-0.3, -0.25) is 0 Å². The van der Waals surface area contributed by atoms with Crippen molar-refractivity contribution in [2.24, 2.45) is 0 Å².